The Hall–Kier alpha value is -0.520. The average Bonchev–Trinajstić information content (AvgIpc) is 2.54. The molecule has 1 unspecified atom stereocenters. The van der Waals surface area contributed by atoms with E-state index in [0.29, 0.717) is 17.3 Å². The summed E-state index contributed by atoms with van der Waals surface area (Å²) in [7, 11) is -3.35. The molecule has 0 heterocycles. The normalized spacial score (nSPS) is 12.3. The van der Waals surface area contributed by atoms with Gasteiger partial charge in [0.25, 0.3) is 0 Å². The van der Waals surface area contributed by atoms with Gasteiger partial charge in [0.15, 0.2) is 0 Å². The maximum absolute atomic E-state index is 9.68. The molecular formula is C20H36O3S2. The maximum atomic E-state index is 9.68. The van der Waals surface area contributed by atoms with Gasteiger partial charge in [0.2, 0.25) is 0 Å². The van der Waals surface area contributed by atoms with Crippen LogP contribution in [0.5, 0.6) is 0 Å². The van der Waals surface area contributed by atoms with Crippen LogP contribution in [0.2, 0.25) is 0 Å². The summed E-state index contributed by atoms with van der Waals surface area (Å²) in [6.45, 7) is 3.93. The van der Waals surface area contributed by atoms with Crippen molar-refractivity contribution in [3.05, 3.63) is 35.9 Å². The van der Waals surface area contributed by atoms with E-state index in [9.17, 15) is 13.0 Å². The summed E-state index contributed by atoms with van der Waals surface area (Å²) in [5, 5.41) is 0. The van der Waals surface area contributed by atoms with E-state index in [-0.39, 0.29) is 5.75 Å². The summed E-state index contributed by atoms with van der Waals surface area (Å²) >= 11 is 0. The van der Waals surface area contributed by atoms with E-state index in [1.54, 1.807) is 6.92 Å². The number of hydrogen-bond donors (Lipinski definition) is 0. The molecule has 1 aromatic rings. The molecule has 0 aliphatic carbocycles. The lowest BCUT2D eigenvalue weighted by Gasteiger charge is -2.04. The quantitative estimate of drug-likeness (QED) is 0.283. The highest BCUT2D eigenvalue weighted by atomic mass is 32.2. The van der Waals surface area contributed by atoms with Crippen LogP contribution < -0.4 is 0 Å². The molecule has 0 aromatic heterocycles. The topological polar surface area (TPSA) is 57.2 Å². The first-order valence-corrected chi connectivity index (χ1v) is 13.0. The van der Waals surface area contributed by atoms with E-state index in [1.165, 1.54) is 62.0 Å². The third-order valence-electron chi connectivity index (χ3n) is 3.81. The second-order valence-electron chi connectivity index (χ2n) is 6.50. The lowest BCUT2D eigenvalue weighted by molar-refractivity contribution is 0.462. The number of rotatable bonds is 12. The molecule has 0 amide bonds. The van der Waals surface area contributed by atoms with Crippen LogP contribution in [0.1, 0.15) is 70.8 Å². The predicted molar refractivity (Wildman–Crippen MR) is 111 cm³/mol. The van der Waals surface area contributed by atoms with Crippen LogP contribution in [0.25, 0.3) is 0 Å². The van der Waals surface area contributed by atoms with Gasteiger partial charge < -0.3 is 4.55 Å². The summed E-state index contributed by atoms with van der Waals surface area (Å²) in [5.74, 6) is 2.45. The number of hydrogen-bond acceptors (Lipinski definition) is 3. The fourth-order valence-electron chi connectivity index (χ4n) is 2.49. The second kappa shape index (κ2) is 15.7. The van der Waals surface area contributed by atoms with Gasteiger partial charge >= 0.3 is 0 Å². The van der Waals surface area contributed by atoms with Crippen LogP contribution >= 0.6 is 0 Å². The zero-order chi connectivity index (χ0) is 19.0. The fraction of sp³-hybridized carbons (Fsp3) is 0.700. The largest absolute Gasteiger partial charge is 0.748 e. The summed E-state index contributed by atoms with van der Waals surface area (Å²) in [5.41, 5.74) is 1.51. The van der Waals surface area contributed by atoms with Gasteiger partial charge in [-0.3, -0.25) is 0 Å². The van der Waals surface area contributed by atoms with E-state index >= 15 is 0 Å². The van der Waals surface area contributed by atoms with Crippen LogP contribution in [0, 0.1) is 0 Å². The molecule has 0 saturated carbocycles. The van der Waals surface area contributed by atoms with Crippen molar-refractivity contribution < 1.29 is 13.0 Å². The first kappa shape index (κ1) is 24.5. The molecule has 0 radical (unpaired) electrons. The second-order valence-corrected chi connectivity index (χ2v) is 10.3. The monoisotopic (exact) mass is 388 g/mol. The Morgan fingerprint density at radius 2 is 1.44 bits per heavy atom. The highest BCUT2D eigenvalue weighted by Gasteiger charge is 2.10. The van der Waals surface area contributed by atoms with E-state index in [2.05, 4.69) is 43.5 Å². The van der Waals surface area contributed by atoms with Gasteiger partial charge in [-0.1, -0.05) is 76.3 Å². The van der Waals surface area contributed by atoms with Crippen molar-refractivity contribution in [1.29, 1.82) is 0 Å². The molecular weight excluding hydrogens is 352 g/mol. The molecule has 1 rings (SSSR count). The van der Waals surface area contributed by atoms with Crippen LogP contribution in [-0.4, -0.2) is 30.7 Å². The Morgan fingerprint density at radius 3 is 1.92 bits per heavy atom. The zero-order valence-corrected chi connectivity index (χ0v) is 17.8. The molecule has 0 fully saturated rings. The van der Waals surface area contributed by atoms with E-state index in [1.807, 2.05) is 0 Å². The third-order valence-corrected chi connectivity index (χ3v) is 6.53. The maximum Gasteiger partial charge on any atom is 0.132 e. The third kappa shape index (κ3) is 18.1. The molecule has 0 saturated heterocycles. The van der Waals surface area contributed by atoms with Crippen LogP contribution in [0.15, 0.2) is 30.3 Å². The van der Waals surface area contributed by atoms with Crippen molar-refractivity contribution in [3.8, 4) is 0 Å². The van der Waals surface area contributed by atoms with E-state index in [4.69, 9.17) is 0 Å². The van der Waals surface area contributed by atoms with Gasteiger partial charge in [-0.25, -0.2) is 8.42 Å². The van der Waals surface area contributed by atoms with Gasteiger partial charge in [0, 0.05) is 11.3 Å². The minimum absolute atomic E-state index is 0.243. The Morgan fingerprint density at radius 1 is 0.880 bits per heavy atom. The summed E-state index contributed by atoms with van der Waals surface area (Å²) in [6, 6.07) is 10.9. The summed E-state index contributed by atoms with van der Waals surface area (Å²) in [6.07, 6.45) is 12.8. The van der Waals surface area contributed by atoms with Crippen molar-refractivity contribution in [1.82, 2.24) is 0 Å². The molecule has 5 heteroatoms. The minimum atomic E-state index is -3.92. The van der Waals surface area contributed by atoms with Crippen molar-refractivity contribution >= 4 is 21.0 Å². The average molecular weight is 389 g/mol. The minimum Gasteiger partial charge on any atom is -0.748 e. The Labute approximate surface area is 158 Å². The van der Waals surface area contributed by atoms with Crippen LogP contribution in [0.3, 0.4) is 0 Å². The SMILES string of the molecule is CCCCCCCCC[S+](C)Cc1ccccc1.CCCS(=O)(=O)[O-]. The number of unbranched alkanes of at least 4 members (excludes halogenated alkanes) is 6. The lowest BCUT2D eigenvalue weighted by atomic mass is 10.1. The van der Waals surface area contributed by atoms with E-state index < -0.39 is 10.1 Å². The van der Waals surface area contributed by atoms with E-state index in [0.717, 1.165) is 0 Å². The molecule has 3 nitrogen and oxygen atoms in total. The van der Waals surface area contributed by atoms with Crippen molar-refractivity contribution in [2.75, 3.05) is 17.8 Å². The molecule has 25 heavy (non-hydrogen) atoms. The Bertz CT molecular complexity index is 501. The van der Waals surface area contributed by atoms with Gasteiger partial charge in [0.05, 0.1) is 16.4 Å². The molecule has 0 spiro atoms. The first-order valence-electron chi connectivity index (χ1n) is 9.45. The molecule has 1 atom stereocenters. The summed E-state index contributed by atoms with van der Waals surface area (Å²) in [4.78, 5) is 0. The van der Waals surface area contributed by atoms with Gasteiger partial charge in [-0.05, 0) is 30.2 Å². The van der Waals surface area contributed by atoms with Crippen molar-refractivity contribution in [3.63, 3.8) is 0 Å². The lowest BCUT2D eigenvalue weighted by Crippen LogP contribution is -2.08. The summed E-state index contributed by atoms with van der Waals surface area (Å²) < 4.78 is 29.0. The van der Waals surface area contributed by atoms with Crippen LogP contribution in [-0.2, 0) is 26.8 Å². The molecule has 1 aromatic carbocycles. The smallest absolute Gasteiger partial charge is 0.132 e. The number of benzene rings is 1. The predicted octanol–water partition coefficient (Wildman–Crippen LogP) is 5.13. The zero-order valence-electron chi connectivity index (χ0n) is 16.2. The fourth-order valence-corrected chi connectivity index (χ4v) is 4.59. The molecule has 0 N–H and O–H groups in total. The van der Waals surface area contributed by atoms with Crippen LogP contribution in [0.4, 0.5) is 0 Å². The van der Waals surface area contributed by atoms with Gasteiger partial charge in [0.1, 0.15) is 11.5 Å². The standard InChI is InChI=1S/C17H29S.C3H8O3S/c1-3-4-5-6-7-8-12-15-18(2)16-17-13-10-9-11-14-17;1-2-3-7(4,5)6/h9-11,13-14H,3-8,12,15-16H2,1-2H3;2-3H2,1H3,(H,4,5,6)/q+1;/p-1. The Balaban J connectivity index is 0.000000697. The molecule has 0 bridgehead atoms. The highest BCUT2D eigenvalue weighted by molar-refractivity contribution is 7.95. The molecule has 0 aliphatic heterocycles. The highest BCUT2D eigenvalue weighted by Crippen LogP contribution is 2.11. The van der Waals surface area contributed by atoms with Crippen molar-refractivity contribution in [2.24, 2.45) is 0 Å². The van der Waals surface area contributed by atoms with Crippen molar-refractivity contribution in [2.45, 2.75) is 71.0 Å². The van der Waals surface area contributed by atoms with Gasteiger partial charge in [-0.2, -0.15) is 0 Å². The van der Waals surface area contributed by atoms with Gasteiger partial charge in [-0.15, -0.1) is 0 Å². The molecule has 146 valence electrons. The first-order chi connectivity index (χ1) is 11.9. The molecule has 0 aliphatic rings. The Kier molecular flexibility index (Phi) is 15.4.